The Bertz CT molecular complexity index is 1150. The first-order valence-corrected chi connectivity index (χ1v) is 17.1. The fraction of sp³-hybridized carbons (Fsp3) is 0.875. The standard InChI is InChI=1S/C32H58N6O11/c1-31(2,3)49-30(43)38(5)26-23(41)29(45-15-32(26,4)44)48-25-20(37-27(42)21(39)10-11-33)12-19(35)24(22(25)40)47-28-18(34)9-8-17(46-28)14-36-13-16-6-7-16/h8,16,18-26,28-29,36,39-41,44H,6-7,9-15,33-35H2,1-5H3,(H,37,42)/t18-,19+,20-,21-,22+,23-,24-,25+,26-,28-,29-,32+/m1/s1. The number of rotatable bonds is 13. The van der Waals surface area contributed by atoms with E-state index in [1.807, 2.05) is 6.08 Å². The van der Waals surface area contributed by atoms with Gasteiger partial charge >= 0.3 is 6.09 Å². The van der Waals surface area contributed by atoms with Crippen LogP contribution < -0.4 is 27.8 Å². The zero-order valence-corrected chi connectivity index (χ0v) is 29.2. The molecule has 0 aromatic carbocycles. The minimum absolute atomic E-state index is 0.00902. The van der Waals surface area contributed by atoms with E-state index < -0.39 is 90.5 Å². The number of nitrogens with zero attached hydrogens (tertiary/aromatic N) is 1. The van der Waals surface area contributed by atoms with Gasteiger partial charge < -0.3 is 76.8 Å². The van der Waals surface area contributed by atoms with Crippen molar-refractivity contribution in [2.45, 2.75) is 138 Å². The highest BCUT2D eigenvalue weighted by molar-refractivity contribution is 5.80. The van der Waals surface area contributed by atoms with E-state index in [2.05, 4.69) is 10.6 Å². The number of hydrogen-bond donors (Lipinski definition) is 9. The zero-order chi connectivity index (χ0) is 36.3. The van der Waals surface area contributed by atoms with E-state index in [4.69, 9.17) is 40.9 Å². The fourth-order valence-corrected chi connectivity index (χ4v) is 6.41. The summed E-state index contributed by atoms with van der Waals surface area (Å²) >= 11 is 0. The second kappa shape index (κ2) is 16.5. The van der Waals surface area contributed by atoms with Gasteiger partial charge in [0.25, 0.3) is 0 Å². The van der Waals surface area contributed by atoms with Gasteiger partial charge in [0.2, 0.25) is 12.2 Å². The number of nitrogens with two attached hydrogens (primary N) is 3. The molecule has 4 rings (SSSR count). The third-order valence-corrected chi connectivity index (χ3v) is 9.21. The zero-order valence-electron chi connectivity index (χ0n) is 29.2. The van der Waals surface area contributed by atoms with Crippen molar-refractivity contribution in [3.8, 4) is 0 Å². The van der Waals surface area contributed by atoms with E-state index in [-0.39, 0.29) is 26.0 Å². The predicted molar refractivity (Wildman–Crippen MR) is 175 cm³/mol. The first-order valence-electron chi connectivity index (χ1n) is 17.1. The van der Waals surface area contributed by atoms with Crippen molar-refractivity contribution in [2.75, 3.05) is 33.3 Å². The van der Waals surface area contributed by atoms with Crippen molar-refractivity contribution in [1.29, 1.82) is 0 Å². The van der Waals surface area contributed by atoms with Gasteiger partial charge in [-0.15, -0.1) is 0 Å². The molecule has 0 aromatic heterocycles. The number of carbonyl (C=O) groups is 2. The largest absolute Gasteiger partial charge is 0.467 e. The van der Waals surface area contributed by atoms with Crippen molar-refractivity contribution < 1.29 is 53.7 Å². The average Bonchev–Trinajstić information content (AvgIpc) is 3.83. The van der Waals surface area contributed by atoms with Crippen LogP contribution in [0.3, 0.4) is 0 Å². The predicted octanol–water partition coefficient (Wildman–Crippen LogP) is -2.30. The first-order chi connectivity index (χ1) is 22.9. The summed E-state index contributed by atoms with van der Waals surface area (Å²) in [6.07, 6.45) is -5.49. The molecular weight excluding hydrogens is 644 g/mol. The topological polar surface area (TPSA) is 267 Å². The highest BCUT2D eigenvalue weighted by Crippen LogP contribution is 2.34. The molecule has 282 valence electrons. The molecule has 0 aromatic rings. The van der Waals surface area contributed by atoms with Gasteiger partial charge in [-0.1, -0.05) is 0 Å². The molecule has 4 aliphatic rings. The molecule has 2 aliphatic carbocycles. The maximum atomic E-state index is 13.0. The van der Waals surface area contributed by atoms with Crippen molar-refractivity contribution in [1.82, 2.24) is 15.5 Å². The summed E-state index contributed by atoms with van der Waals surface area (Å²) in [4.78, 5) is 26.9. The first kappa shape index (κ1) is 39.6. The third-order valence-electron chi connectivity index (χ3n) is 9.21. The van der Waals surface area contributed by atoms with Crippen LogP contribution in [-0.4, -0.2) is 149 Å². The molecule has 2 heterocycles. The van der Waals surface area contributed by atoms with E-state index in [1.54, 1.807) is 20.8 Å². The van der Waals surface area contributed by atoms with Crippen LogP contribution in [0.25, 0.3) is 0 Å². The molecule has 0 spiro atoms. The number of likely N-dealkylation sites (N-methyl/N-ethyl adjacent to an activating group) is 1. The quantitative estimate of drug-likeness (QED) is 0.0977. The lowest BCUT2D eigenvalue weighted by Crippen LogP contribution is -2.70. The molecule has 17 nitrogen and oxygen atoms in total. The highest BCUT2D eigenvalue weighted by atomic mass is 16.7. The van der Waals surface area contributed by atoms with Gasteiger partial charge in [-0.2, -0.15) is 0 Å². The van der Waals surface area contributed by atoms with Crippen molar-refractivity contribution in [2.24, 2.45) is 23.1 Å². The second-order valence-electron chi connectivity index (χ2n) is 15.0. The summed E-state index contributed by atoms with van der Waals surface area (Å²) in [5.74, 6) is 0.579. The van der Waals surface area contributed by atoms with E-state index >= 15 is 0 Å². The summed E-state index contributed by atoms with van der Waals surface area (Å²) < 4.78 is 29.7. The Labute approximate surface area is 287 Å². The molecule has 0 radical (unpaired) electrons. The molecule has 0 unspecified atom stereocenters. The minimum Gasteiger partial charge on any atom is -0.467 e. The van der Waals surface area contributed by atoms with E-state index in [9.17, 15) is 30.0 Å². The fourth-order valence-electron chi connectivity index (χ4n) is 6.41. The Kier molecular flexibility index (Phi) is 13.3. The van der Waals surface area contributed by atoms with Crippen LogP contribution in [0.4, 0.5) is 4.79 Å². The number of carbonyl (C=O) groups excluding carboxylic acids is 2. The minimum atomic E-state index is -1.72. The Balaban J connectivity index is 1.53. The van der Waals surface area contributed by atoms with E-state index in [1.165, 1.54) is 26.8 Å². The Morgan fingerprint density at radius 2 is 1.80 bits per heavy atom. The van der Waals surface area contributed by atoms with Crippen LogP contribution in [-0.2, 0) is 28.5 Å². The van der Waals surface area contributed by atoms with Crippen LogP contribution in [0.5, 0.6) is 0 Å². The maximum Gasteiger partial charge on any atom is 0.410 e. The van der Waals surface area contributed by atoms with E-state index in [0.29, 0.717) is 24.6 Å². The number of amides is 2. The SMILES string of the molecule is CN(C(=O)OC(C)(C)C)[C@@H]1[C@@H](O)[C@@H](O[C@@H]2[C@@H](O)[C@H](O[C@H]3OC(CNCC4CC4)=CC[C@H]3N)[C@@H](N)C[C@H]2NC(=O)[C@H](O)CCN)OC[C@]1(C)O. The van der Waals surface area contributed by atoms with Crippen LogP contribution in [0.1, 0.15) is 59.8 Å². The van der Waals surface area contributed by atoms with Crippen molar-refractivity contribution in [3.05, 3.63) is 11.8 Å². The van der Waals surface area contributed by atoms with Gasteiger partial charge in [-0.3, -0.25) is 4.79 Å². The number of aliphatic hydroxyl groups is 4. The van der Waals surface area contributed by atoms with Gasteiger partial charge in [0.15, 0.2) is 6.29 Å². The number of nitrogens with one attached hydrogen (secondary N) is 2. The third kappa shape index (κ3) is 10.4. The van der Waals surface area contributed by atoms with Crippen molar-refractivity contribution >= 4 is 12.0 Å². The lowest BCUT2D eigenvalue weighted by molar-refractivity contribution is -0.310. The molecule has 12 N–H and O–H groups in total. The molecule has 17 heteroatoms. The smallest absolute Gasteiger partial charge is 0.410 e. The van der Waals surface area contributed by atoms with Crippen LogP contribution in [0.15, 0.2) is 11.8 Å². The average molecular weight is 703 g/mol. The summed E-state index contributed by atoms with van der Waals surface area (Å²) in [5.41, 5.74) is 15.8. The lowest BCUT2D eigenvalue weighted by atomic mass is 9.83. The van der Waals surface area contributed by atoms with Crippen LogP contribution >= 0.6 is 0 Å². The molecule has 3 fully saturated rings. The molecule has 1 saturated heterocycles. The molecular formula is C32H58N6O11. The lowest BCUT2D eigenvalue weighted by Gasteiger charge is -2.50. The monoisotopic (exact) mass is 702 g/mol. The normalized spacial score (nSPS) is 37.4. The Morgan fingerprint density at radius 3 is 2.43 bits per heavy atom. The maximum absolute atomic E-state index is 13.0. The molecule has 2 amide bonds. The van der Waals surface area contributed by atoms with Gasteiger partial charge in [0.05, 0.1) is 31.3 Å². The van der Waals surface area contributed by atoms with Crippen LogP contribution in [0, 0.1) is 5.92 Å². The van der Waals surface area contributed by atoms with Gasteiger partial charge in [0.1, 0.15) is 47.5 Å². The molecule has 2 saturated carbocycles. The summed E-state index contributed by atoms with van der Waals surface area (Å²) in [7, 11) is 1.37. The summed E-state index contributed by atoms with van der Waals surface area (Å²) in [6.45, 7) is 7.52. The number of ether oxygens (including phenoxy) is 5. The molecule has 0 bridgehead atoms. The summed E-state index contributed by atoms with van der Waals surface area (Å²) in [6, 6.07) is -3.67. The van der Waals surface area contributed by atoms with E-state index in [0.717, 1.165) is 11.4 Å². The van der Waals surface area contributed by atoms with Crippen molar-refractivity contribution in [3.63, 3.8) is 0 Å². The van der Waals surface area contributed by atoms with Gasteiger partial charge in [-0.25, -0.2) is 4.79 Å². The molecule has 2 aliphatic heterocycles. The molecule has 49 heavy (non-hydrogen) atoms. The van der Waals surface area contributed by atoms with Gasteiger partial charge in [-0.05, 0) is 84.9 Å². The van der Waals surface area contributed by atoms with Gasteiger partial charge in [0, 0.05) is 13.1 Å². The Morgan fingerprint density at radius 1 is 1.12 bits per heavy atom. The van der Waals surface area contributed by atoms with Crippen LogP contribution in [0.2, 0.25) is 0 Å². The highest BCUT2D eigenvalue weighted by Gasteiger charge is 2.54. The Hall–Kier alpha value is -2.16. The second-order valence-corrected chi connectivity index (χ2v) is 15.0. The number of aliphatic hydroxyl groups excluding tert-OH is 3. The molecule has 12 atom stereocenters. The summed E-state index contributed by atoms with van der Waals surface area (Å²) in [5, 5.41) is 50.8. The number of hydrogen-bond acceptors (Lipinski definition) is 15.